The van der Waals surface area contributed by atoms with Crippen molar-refractivity contribution < 1.29 is 0 Å². The van der Waals surface area contributed by atoms with E-state index in [1.165, 1.54) is 25.7 Å². The predicted molar refractivity (Wildman–Crippen MR) is 131 cm³/mol. The zero-order valence-electron chi connectivity index (χ0n) is 18.1. The van der Waals surface area contributed by atoms with E-state index in [-0.39, 0.29) is 0 Å². The number of nitrogens with zero attached hydrogens (tertiary/aromatic N) is 3. The van der Waals surface area contributed by atoms with E-state index in [4.69, 9.17) is 5.73 Å². The number of para-hydroxylation sites is 1. The van der Waals surface area contributed by atoms with Crippen LogP contribution in [0.3, 0.4) is 0 Å². The Labute approximate surface area is 192 Å². The third-order valence-electron chi connectivity index (χ3n) is 7.10. The number of rotatable bonds is 4. The average molecular weight is 480 g/mol. The van der Waals surface area contributed by atoms with Crippen molar-refractivity contribution in [2.24, 2.45) is 34.4 Å². The smallest absolute Gasteiger partial charge is 0.135 e. The van der Waals surface area contributed by atoms with Crippen LogP contribution < -0.4 is 11.1 Å². The number of aliphatic imine (C=N–C) groups is 1. The number of hydrogen-bond donors (Lipinski definition) is 2. The summed E-state index contributed by atoms with van der Waals surface area (Å²) >= 11 is 3.61. The first-order chi connectivity index (χ1) is 15.0. The van der Waals surface area contributed by atoms with Gasteiger partial charge >= 0.3 is 0 Å². The quantitative estimate of drug-likeness (QED) is 0.355. The number of benzene rings is 1. The van der Waals surface area contributed by atoms with Gasteiger partial charge in [-0.2, -0.15) is 5.10 Å². The number of nitrogens with one attached hydrogen (secondary N) is 1. The van der Waals surface area contributed by atoms with Crippen molar-refractivity contribution in [3.8, 4) is 0 Å². The van der Waals surface area contributed by atoms with Gasteiger partial charge in [0.15, 0.2) is 0 Å². The average Bonchev–Trinajstić information content (AvgIpc) is 3.11. The van der Waals surface area contributed by atoms with Crippen LogP contribution in [0, 0.1) is 23.7 Å². The summed E-state index contributed by atoms with van der Waals surface area (Å²) in [5.74, 6) is 3.50. The summed E-state index contributed by atoms with van der Waals surface area (Å²) in [6.07, 6.45) is 9.14. The van der Waals surface area contributed by atoms with Crippen LogP contribution >= 0.6 is 15.9 Å². The molecule has 0 aliphatic heterocycles. The molecule has 0 spiro atoms. The van der Waals surface area contributed by atoms with Crippen molar-refractivity contribution >= 4 is 38.7 Å². The first-order valence-corrected chi connectivity index (χ1v) is 12.1. The van der Waals surface area contributed by atoms with Crippen molar-refractivity contribution in [3.63, 3.8) is 0 Å². The van der Waals surface area contributed by atoms with Gasteiger partial charge in [-0.25, -0.2) is 9.51 Å². The zero-order chi connectivity index (χ0) is 21.5. The Morgan fingerprint density at radius 3 is 2.77 bits per heavy atom. The fourth-order valence-electron chi connectivity index (χ4n) is 5.92. The molecule has 2 bridgehead atoms. The Morgan fingerprint density at radius 2 is 1.97 bits per heavy atom. The van der Waals surface area contributed by atoms with Crippen LogP contribution in [0.4, 0.5) is 11.4 Å². The Bertz CT molecular complexity index is 1100. The monoisotopic (exact) mass is 479 g/mol. The van der Waals surface area contributed by atoms with Gasteiger partial charge in [0.25, 0.3) is 0 Å². The van der Waals surface area contributed by atoms with Gasteiger partial charge in [-0.1, -0.05) is 32.0 Å². The Balaban J connectivity index is 1.56. The SMILES string of the molecule is CC1CC2CC(C)C(Nc3c(C(N)=Nc4ccccc4)cnn4cc(Br)cc34)C(C1)C2. The lowest BCUT2D eigenvalue weighted by molar-refractivity contribution is 0.0965. The molecule has 5 rings (SSSR count). The highest BCUT2D eigenvalue weighted by Crippen LogP contribution is 2.46. The van der Waals surface area contributed by atoms with E-state index in [9.17, 15) is 0 Å². The molecule has 0 saturated heterocycles. The summed E-state index contributed by atoms with van der Waals surface area (Å²) in [5, 5.41) is 8.55. The molecule has 3 N–H and O–H groups in total. The molecule has 31 heavy (non-hydrogen) atoms. The van der Waals surface area contributed by atoms with Crippen molar-refractivity contribution in [2.75, 3.05) is 5.32 Å². The molecule has 1 aromatic carbocycles. The van der Waals surface area contributed by atoms with Gasteiger partial charge in [-0.05, 0) is 83.5 Å². The summed E-state index contributed by atoms with van der Waals surface area (Å²) in [7, 11) is 0. The number of nitrogens with two attached hydrogens (primary N) is 1. The zero-order valence-corrected chi connectivity index (χ0v) is 19.7. The van der Waals surface area contributed by atoms with E-state index in [1.54, 1.807) is 0 Å². The van der Waals surface area contributed by atoms with Crippen LogP contribution in [0.5, 0.6) is 0 Å². The molecule has 162 valence electrons. The first kappa shape index (κ1) is 20.6. The fraction of sp³-hybridized carbons (Fsp3) is 0.440. The molecule has 6 heteroatoms. The molecule has 2 aliphatic rings. The fourth-order valence-corrected chi connectivity index (χ4v) is 6.34. The van der Waals surface area contributed by atoms with Gasteiger partial charge in [0.1, 0.15) is 5.84 Å². The minimum Gasteiger partial charge on any atom is -0.383 e. The molecule has 5 nitrogen and oxygen atoms in total. The van der Waals surface area contributed by atoms with Crippen molar-refractivity contribution in [2.45, 2.75) is 45.6 Å². The van der Waals surface area contributed by atoms with Crippen molar-refractivity contribution in [3.05, 3.63) is 58.8 Å². The molecular formula is C25H30BrN5. The van der Waals surface area contributed by atoms with E-state index in [2.05, 4.69) is 51.3 Å². The van der Waals surface area contributed by atoms with Crippen molar-refractivity contribution in [1.29, 1.82) is 0 Å². The molecular weight excluding hydrogens is 450 g/mol. The summed E-state index contributed by atoms with van der Waals surface area (Å²) in [5.41, 5.74) is 10.3. The summed E-state index contributed by atoms with van der Waals surface area (Å²) in [6, 6.07) is 12.4. The summed E-state index contributed by atoms with van der Waals surface area (Å²) in [4.78, 5) is 4.68. The second kappa shape index (κ2) is 8.30. The maximum absolute atomic E-state index is 6.54. The number of hydrogen-bond acceptors (Lipinski definition) is 3. The highest BCUT2D eigenvalue weighted by Gasteiger charge is 2.40. The molecule has 2 aromatic heterocycles. The second-order valence-electron chi connectivity index (χ2n) is 9.58. The minimum absolute atomic E-state index is 0.433. The normalized spacial score (nSPS) is 28.6. The molecule has 2 saturated carbocycles. The van der Waals surface area contributed by atoms with E-state index < -0.39 is 0 Å². The number of anilines is 1. The van der Waals surface area contributed by atoms with Crippen LogP contribution in [-0.4, -0.2) is 21.5 Å². The Kier molecular flexibility index (Phi) is 5.51. The highest BCUT2D eigenvalue weighted by molar-refractivity contribution is 9.10. The molecule has 2 fully saturated rings. The predicted octanol–water partition coefficient (Wildman–Crippen LogP) is 6.01. The van der Waals surface area contributed by atoms with E-state index in [0.717, 1.165) is 38.8 Å². The first-order valence-electron chi connectivity index (χ1n) is 11.3. The largest absolute Gasteiger partial charge is 0.383 e. The molecule has 0 amide bonds. The second-order valence-corrected chi connectivity index (χ2v) is 10.5. The molecule has 2 aliphatic carbocycles. The van der Waals surface area contributed by atoms with Gasteiger partial charge in [-0.3, -0.25) is 0 Å². The minimum atomic E-state index is 0.433. The lowest BCUT2D eigenvalue weighted by Gasteiger charge is -2.47. The molecule has 5 atom stereocenters. The van der Waals surface area contributed by atoms with Gasteiger partial charge in [0.05, 0.1) is 28.7 Å². The van der Waals surface area contributed by atoms with Gasteiger partial charge in [0, 0.05) is 16.7 Å². The third kappa shape index (κ3) is 4.10. The number of halogens is 1. The Morgan fingerprint density at radius 1 is 1.16 bits per heavy atom. The van der Waals surface area contributed by atoms with Gasteiger partial charge in [0.2, 0.25) is 0 Å². The van der Waals surface area contributed by atoms with Crippen molar-refractivity contribution in [1.82, 2.24) is 9.61 Å². The molecule has 3 aromatic rings. The summed E-state index contributed by atoms with van der Waals surface area (Å²) < 4.78 is 2.91. The molecule has 2 heterocycles. The van der Waals surface area contributed by atoms with Crippen LogP contribution in [-0.2, 0) is 0 Å². The lowest BCUT2D eigenvalue weighted by atomic mass is 9.63. The lowest BCUT2D eigenvalue weighted by Crippen LogP contribution is -2.45. The number of amidine groups is 1. The maximum Gasteiger partial charge on any atom is 0.135 e. The maximum atomic E-state index is 6.54. The van der Waals surface area contributed by atoms with Crippen LogP contribution in [0.25, 0.3) is 5.52 Å². The van der Waals surface area contributed by atoms with Crippen LogP contribution in [0.1, 0.15) is 45.1 Å². The molecule has 5 unspecified atom stereocenters. The standard InChI is InChI=1S/C25H30BrN5/c1-15-8-17-10-16(2)23(18(9-15)11-17)30-24-21(13-28-31-14-19(26)12-22(24)31)25(27)29-20-6-4-3-5-7-20/h3-7,12-18,23,30H,8-11H2,1-2H3,(H2,27,29). The Hall–Kier alpha value is -2.34. The topological polar surface area (TPSA) is 67.7 Å². The number of fused-ring (bicyclic) bond motifs is 3. The summed E-state index contributed by atoms with van der Waals surface area (Å²) in [6.45, 7) is 4.82. The molecule has 0 radical (unpaired) electrons. The third-order valence-corrected chi connectivity index (χ3v) is 7.53. The van der Waals surface area contributed by atoms with Crippen LogP contribution in [0.2, 0.25) is 0 Å². The van der Waals surface area contributed by atoms with E-state index in [0.29, 0.717) is 23.7 Å². The van der Waals surface area contributed by atoms with Gasteiger partial charge < -0.3 is 11.1 Å². The van der Waals surface area contributed by atoms with Gasteiger partial charge in [-0.15, -0.1) is 0 Å². The van der Waals surface area contributed by atoms with E-state index in [1.807, 2.05) is 47.2 Å². The highest BCUT2D eigenvalue weighted by atomic mass is 79.9. The van der Waals surface area contributed by atoms with Crippen LogP contribution in [0.15, 0.2) is 58.3 Å². The number of aromatic nitrogens is 2. The van der Waals surface area contributed by atoms with E-state index >= 15 is 0 Å².